The van der Waals surface area contributed by atoms with Gasteiger partial charge in [-0.25, -0.2) is 0 Å². The first kappa shape index (κ1) is 26.7. The summed E-state index contributed by atoms with van der Waals surface area (Å²) in [5.41, 5.74) is 4.30. The molecule has 2 heteroatoms. The average molecular weight is 363 g/mol. The van der Waals surface area contributed by atoms with Gasteiger partial charge in [-0.15, -0.1) is 0 Å². The average Bonchev–Trinajstić information content (AvgIpc) is 2.53. The zero-order valence-corrected chi connectivity index (χ0v) is 18.4. The van der Waals surface area contributed by atoms with Gasteiger partial charge in [0.1, 0.15) is 0 Å². The van der Waals surface area contributed by atoms with E-state index >= 15 is 0 Å². The molecule has 0 aromatic heterocycles. The molecule has 0 aromatic rings. The minimum Gasteiger partial charge on any atom is -0.512 e. The van der Waals surface area contributed by atoms with Gasteiger partial charge >= 0.3 is 0 Å². The van der Waals surface area contributed by atoms with Crippen LogP contribution >= 0.6 is 0 Å². The highest BCUT2D eigenvalue weighted by molar-refractivity contribution is 5.35. The number of hydrogen-bond acceptors (Lipinski definition) is 2. The largest absolute Gasteiger partial charge is 0.512 e. The second-order valence-electron chi connectivity index (χ2n) is 7.75. The van der Waals surface area contributed by atoms with Crippen molar-refractivity contribution in [3.8, 4) is 0 Å². The van der Waals surface area contributed by atoms with Crippen molar-refractivity contribution in [3.63, 3.8) is 0 Å². The molecule has 0 aromatic carbocycles. The minimum absolute atomic E-state index is 0.00361. The van der Waals surface area contributed by atoms with Crippen LogP contribution in [0.4, 0.5) is 0 Å². The van der Waals surface area contributed by atoms with Crippen LogP contribution < -0.4 is 0 Å². The molecule has 0 aliphatic carbocycles. The van der Waals surface area contributed by atoms with Crippen LogP contribution in [0.1, 0.15) is 81.1 Å². The van der Waals surface area contributed by atoms with Crippen molar-refractivity contribution in [1.82, 2.24) is 0 Å². The van der Waals surface area contributed by atoms with Crippen molar-refractivity contribution in [2.75, 3.05) is 6.61 Å². The molecular weight excluding hydrogens is 320 g/mol. The maximum atomic E-state index is 10.2. The summed E-state index contributed by atoms with van der Waals surface area (Å²) in [5.74, 6) is 0.324. The topological polar surface area (TPSA) is 40.5 Å². The Hall–Kier alpha value is -1.54. The van der Waals surface area contributed by atoms with E-state index in [4.69, 9.17) is 5.11 Å². The predicted octanol–water partition coefficient (Wildman–Crippen LogP) is 7.45. The van der Waals surface area contributed by atoms with Crippen LogP contribution in [0.3, 0.4) is 0 Å². The van der Waals surface area contributed by atoms with Crippen LogP contribution in [0.2, 0.25) is 0 Å². The molecule has 0 amide bonds. The summed E-state index contributed by atoms with van der Waals surface area (Å²) in [7, 11) is 0. The van der Waals surface area contributed by atoms with E-state index in [9.17, 15) is 5.11 Å². The summed E-state index contributed by atoms with van der Waals surface area (Å²) < 4.78 is 0. The van der Waals surface area contributed by atoms with Gasteiger partial charge in [-0.05, 0) is 42.9 Å². The van der Waals surface area contributed by atoms with Crippen molar-refractivity contribution >= 4 is 0 Å². The third kappa shape index (κ3) is 13.7. The van der Waals surface area contributed by atoms with Gasteiger partial charge in [0.05, 0.1) is 12.4 Å². The third-order valence-electron chi connectivity index (χ3n) is 3.86. The van der Waals surface area contributed by atoms with Gasteiger partial charge in [0, 0.05) is 6.42 Å². The Kier molecular flexibility index (Phi) is 15.0. The minimum atomic E-state index is -0.00361. The van der Waals surface area contributed by atoms with E-state index in [1.54, 1.807) is 12.2 Å². The molecule has 0 atom stereocenters. The lowest BCUT2D eigenvalue weighted by atomic mass is 9.82. The van der Waals surface area contributed by atoms with Crippen molar-refractivity contribution < 1.29 is 10.2 Å². The maximum Gasteiger partial charge on any atom is 0.0965 e. The molecule has 0 fully saturated rings. The van der Waals surface area contributed by atoms with Crippen molar-refractivity contribution in [2.45, 2.75) is 81.1 Å². The van der Waals surface area contributed by atoms with E-state index in [0.29, 0.717) is 12.2 Å². The number of aliphatic hydroxyl groups excluding tert-OH is 2. The Morgan fingerprint density at radius 2 is 1.54 bits per heavy atom. The lowest BCUT2D eigenvalue weighted by Crippen LogP contribution is -2.10. The summed E-state index contributed by atoms with van der Waals surface area (Å²) in [5, 5.41) is 19.2. The molecular formula is C24H42O2. The van der Waals surface area contributed by atoms with Crippen LogP contribution in [-0.2, 0) is 0 Å². The molecule has 0 aliphatic heterocycles. The quantitative estimate of drug-likeness (QED) is 0.348. The van der Waals surface area contributed by atoms with Crippen molar-refractivity contribution in [2.24, 2.45) is 5.41 Å². The van der Waals surface area contributed by atoms with Crippen molar-refractivity contribution in [3.05, 3.63) is 58.9 Å². The van der Waals surface area contributed by atoms with Gasteiger partial charge in [0.2, 0.25) is 0 Å². The van der Waals surface area contributed by atoms with E-state index in [1.807, 2.05) is 19.9 Å². The molecule has 2 nitrogen and oxygen atoms in total. The van der Waals surface area contributed by atoms with Gasteiger partial charge in [-0.1, -0.05) is 90.3 Å². The molecule has 0 spiro atoms. The smallest absolute Gasteiger partial charge is 0.0965 e. The highest BCUT2D eigenvalue weighted by Crippen LogP contribution is 2.31. The standard InChI is InChI=1S/C20H32O2.C4H10/c1-8-17(11-12-21)14-18(22)13-16(4)19(20(5,6)7)10-9-15(2)3;1-3-4-2/h9-11,14,21-22H,2,8,12-13H2,1,3-7H3;3-4H2,1-2H3/b10-9-,17-11-,18-14+,19-16-;. The fraction of sp³-hybridized carbons (Fsp3) is 0.583. The van der Waals surface area contributed by atoms with Crippen LogP contribution in [0.25, 0.3) is 0 Å². The molecule has 0 aliphatic rings. The van der Waals surface area contributed by atoms with Crippen molar-refractivity contribution in [1.29, 1.82) is 0 Å². The first-order valence-electron chi connectivity index (χ1n) is 9.76. The summed E-state index contributed by atoms with van der Waals surface area (Å²) in [6, 6.07) is 0. The highest BCUT2D eigenvalue weighted by atomic mass is 16.3. The van der Waals surface area contributed by atoms with Gasteiger partial charge in [0.15, 0.2) is 0 Å². The lowest BCUT2D eigenvalue weighted by molar-refractivity contribution is 0.341. The van der Waals surface area contributed by atoms with Crippen LogP contribution in [0.5, 0.6) is 0 Å². The molecule has 2 N–H and O–H groups in total. The first-order valence-corrected chi connectivity index (χ1v) is 9.76. The molecule has 0 heterocycles. The third-order valence-corrected chi connectivity index (χ3v) is 3.86. The fourth-order valence-electron chi connectivity index (χ4n) is 2.31. The SMILES string of the molecule is C=C(C)/C=C\C(=C(/C)C/C(O)=C\C(=C/CO)CC)C(C)(C)C.CCCC. The molecule has 0 radical (unpaired) electrons. The number of hydrogen-bond donors (Lipinski definition) is 2. The molecule has 0 rings (SSSR count). The highest BCUT2D eigenvalue weighted by Gasteiger charge is 2.17. The Labute approximate surface area is 162 Å². The monoisotopic (exact) mass is 362 g/mol. The van der Waals surface area contributed by atoms with Crippen LogP contribution in [0.15, 0.2) is 58.9 Å². The molecule has 26 heavy (non-hydrogen) atoms. The number of aliphatic hydroxyl groups is 2. The molecule has 0 saturated heterocycles. The van der Waals surface area contributed by atoms with Crippen LogP contribution in [-0.4, -0.2) is 16.8 Å². The van der Waals surface area contributed by atoms with Gasteiger partial charge < -0.3 is 10.2 Å². The fourth-order valence-corrected chi connectivity index (χ4v) is 2.31. The Bertz CT molecular complexity index is 521. The van der Waals surface area contributed by atoms with Gasteiger partial charge in [-0.3, -0.25) is 0 Å². The Morgan fingerprint density at radius 3 is 1.88 bits per heavy atom. The lowest BCUT2D eigenvalue weighted by Gasteiger charge is -2.23. The predicted molar refractivity (Wildman–Crippen MR) is 117 cm³/mol. The van der Waals surface area contributed by atoms with E-state index in [-0.39, 0.29) is 12.0 Å². The normalized spacial score (nSPS) is 14.0. The van der Waals surface area contributed by atoms with Crippen LogP contribution in [0, 0.1) is 5.41 Å². The summed E-state index contributed by atoms with van der Waals surface area (Å²) in [6.07, 6.45) is 11.5. The number of allylic oxidation sites excluding steroid dienone is 7. The van der Waals surface area contributed by atoms with E-state index < -0.39 is 0 Å². The number of rotatable bonds is 8. The maximum absolute atomic E-state index is 10.2. The molecule has 0 bridgehead atoms. The zero-order valence-electron chi connectivity index (χ0n) is 18.4. The van der Waals surface area contributed by atoms with E-state index in [1.165, 1.54) is 18.4 Å². The zero-order chi connectivity index (χ0) is 20.8. The summed E-state index contributed by atoms with van der Waals surface area (Å²) in [6.45, 7) is 20.8. The second kappa shape index (κ2) is 14.6. The molecule has 0 unspecified atom stereocenters. The summed E-state index contributed by atoms with van der Waals surface area (Å²) in [4.78, 5) is 0. The molecule has 150 valence electrons. The van der Waals surface area contributed by atoms with Gasteiger partial charge in [0.25, 0.3) is 0 Å². The van der Waals surface area contributed by atoms with E-state index in [2.05, 4.69) is 54.2 Å². The van der Waals surface area contributed by atoms with Gasteiger partial charge in [-0.2, -0.15) is 0 Å². The Morgan fingerprint density at radius 1 is 1.00 bits per heavy atom. The van der Waals surface area contributed by atoms with E-state index in [0.717, 1.165) is 23.1 Å². The first-order chi connectivity index (χ1) is 12.0. The molecule has 0 saturated carbocycles. The Balaban J connectivity index is 0. The second-order valence-corrected chi connectivity index (χ2v) is 7.75. The number of unbranched alkanes of at least 4 members (excludes halogenated alkanes) is 1. The summed E-state index contributed by atoms with van der Waals surface area (Å²) >= 11 is 0.